The van der Waals surface area contributed by atoms with Crippen LogP contribution in [0, 0.1) is 5.92 Å². The maximum Gasteiger partial charge on any atom is 0.191 e. The minimum absolute atomic E-state index is 0.444. The van der Waals surface area contributed by atoms with Gasteiger partial charge in [0.1, 0.15) is 11.6 Å². The largest absolute Gasteiger partial charge is 0.383 e. The maximum absolute atomic E-state index is 5.62. The van der Waals surface area contributed by atoms with Gasteiger partial charge in [0.2, 0.25) is 0 Å². The maximum atomic E-state index is 5.62. The zero-order chi connectivity index (χ0) is 12.1. The molecule has 0 bridgehead atoms. The van der Waals surface area contributed by atoms with E-state index in [0.717, 1.165) is 18.2 Å². The minimum Gasteiger partial charge on any atom is -0.383 e. The van der Waals surface area contributed by atoms with Crippen molar-refractivity contribution in [2.75, 3.05) is 30.3 Å². The molecule has 2 heterocycles. The molecule has 6 heteroatoms. The summed E-state index contributed by atoms with van der Waals surface area (Å²) in [5.41, 5.74) is 11.2. The molecule has 0 amide bonds. The molecule has 0 saturated carbocycles. The van der Waals surface area contributed by atoms with Crippen LogP contribution in [-0.4, -0.2) is 28.8 Å². The molecule has 94 valence electrons. The third kappa shape index (κ3) is 4.05. The topological polar surface area (TPSA) is 89.9 Å². The number of anilines is 2. The highest BCUT2D eigenvalue weighted by molar-refractivity contribution is 7.99. The Labute approximate surface area is 106 Å². The van der Waals surface area contributed by atoms with Gasteiger partial charge in [-0.25, -0.2) is 9.97 Å². The normalized spacial score (nSPS) is 20.4. The number of nitrogen functional groups attached to an aromatic ring is 2. The van der Waals surface area contributed by atoms with Crippen molar-refractivity contribution in [1.29, 1.82) is 0 Å². The van der Waals surface area contributed by atoms with Gasteiger partial charge in [-0.05, 0) is 38.3 Å². The van der Waals surface area contributed by atoms with Crippen LogP contribution in [0.5, 0.6) is 0 Å². The van der Waals surface area contributed by atoms with Gasteiger partial charge in [-0.2, -0.15) is 0 Å². The van der Waals surface area contributed by atoms with Crippen molar-refractivity contribution in [2.24, 2.45) is 5.92 Å². The average molecular weight is 253 g/mol. The van der Waals surface area contributed by atoms with E-state index in [1.54, 1.807) is 17.8 Å². The molecule has 2 rings (SSSR count). The number of nitrogens with two attached hydrogens (primary N) is 2. The van der Waals surface area contributed by atoms with Crippen molar-refractivity contribution >= 4 is 23.4 Å². The molecule has 1 aromatic rings. The molecule has 17 heavy (non-hydrogen) atoms. The van der Waals surface area contributed by atoms with Crippen LogP contribution >= 0.6 is 11.8 Å². The van der Waals surface area contributed by atoms with E-state index < -0.39 is 0 Å². The summed E-state index contributed by atoms with van der Waals surface area (Å²) >= 11 is 1.63. The summed E-state index contributed by atoms with van der Waals surface area (Å²) in [6.07, 6.45) is 3.81. The number of hydrogen-bond acceptors (Lipinski definition) is 6. The Bertz CT molecular complexity index is 345. The van der Waals surface area contributed by atoms with E-state index in [-0.39, 0.29) is 0 Å². The summed E-state index contributed by atoms with van der Waals surface area (Å²) in [7, 11) is 0. The molecule has 0 aromatic carbocycles. The van der Waals surface area contributed by atoms with E-state index >= 15 is 0 Å². The second-order valence-electron chi connectivity index (χ2n) is 4.35. The summed E-state index contributed by atoms with van der Waals surface area (Å²) in [5, 5.41) is 4.11. The summed E-state index contributed by atoms with van der Waals surface area (Å²) in [6, 6.07) is 1.58. The monoisotopic (exact) mass is 253 g/mol. The van der Waals surface area contributed by atoms with Crippen molar-refractivity contribution in [3.05, 3.63) is 6.07 Å². The van der Waals surface area contributed by atoms with Crippen LogP contribution in [0.3, 0.4) is 0 Å². The second kappa shape index (κ2) is 6.07. The number of thioether (sulfide) groups is 1. The van der Waals surface area contributed by atoms with Gasteiger partial charge in [0.25, 0.3) is 0 Å². The van der Waals surface area contributed by atoms with E-state index in [4.69, 9.17) is 11.5 Å². The predicted octanol–water partition coefficient (Wildman–Crippen LogP) is 1.12. The van der Waals surface area contributed by atoms with Gasteiger partial charge in [-0.15, -0.1) is 0 Å². The van der Waals surface area contributed by atoms with Gasteiger partial charge in [-0.3, -0.25) is 0 Å². The van der Waals surface area contributed by atoms with Crippen molar-refractivity contribution in [2.45, 2.75) is 24.4 Å². The van der Waals surface area contributed by atoms with Crippen LogP contribution in [0.2, 0.25) is 0 Å². The lowest BCUT2D eigenvalue weighted by atomic mass is 9.97. The van der Waals surface area contributed by atoms with Crippen molar-refractivity contribution in [3.63, 3.8) is 0 Å². The fourth-order valence-electron chi connectivity index (χ4n) is 2.01. The number of rotatable bonds is 4. The molecule has 1 aliphatic heterocycles. The quantitative estimate of drug-likeness (QED) is 0.550. The molecule has 0 radical (unpaired) electrons. The van der Waals surface area contributed by atoms with Crippen molar-refractivity contribution in [3.8, 4) is 0 Å². The summed E-state index contributed by atoms with van der Waals surface area (Å²) in [6.45, 7) is 2.30. The van der Waals surface area contributed by atoms with Gasteiger partial charge in [0.15, 0.2) is 5.16 Å². The minimum atomic E-state index is 0.444. The highest BCUT2D eigenvalue weighted by Gasteiger charge is 2.12. The fourth-order valence-corrected chi connectivity index (χ4v) is 2.99. The van der Waals surface area contributed by atoms with Crippen LogP contribution in [0.15, 0.2) is 11.2 Å². The van der Waals surface area contributed by atoms with Crippen LogP contribution in [0.1, 0.15) is 19.3 Å². The van der Waals surface area contributed by atoms with E-state index in [2.05, 4.69) is 15.3 Å². The Hall–Kier alpha value is -1.01. The lowest BCUT2D eigenvalue weighted by Gasteiger charge is -2.22. The van der Waals surface area contributed by atoms with Gasteiger partial charge >= 0.3 is 0 Å². The molecule has 0 aliphatic carbocycles. The smallest absolute Gasteiger partial charge is 0.191 e. The van der Waals surface area contributed by atoms with Gasteiger partial charge < -0.3 is 16.8 Å². The average Bonchev–Trinajstić information content (AvgIpc) is 2.29. The molecule has 1 fully saturated rings. The Morgan fingerprint density at radius 3 is 2.76 bits per heavy atom. The zero-order valence-electron chi connectivity index (χ0n) is 9.85. The summed E-state index contributed by atoms with van der Waals surface area (Å²) in [5.74, 6) is 2.70. The Balaban J connectivity index is 1.77. The molecule has 1 saturated heterocycles. The predicted molar refractivity (Wildman–Crippen MR) is 71.8 cm³/mol. The third-order valence-corrected chi connectivity index (χ3v) is 3.78. The molecular formula is C11H19N5S. The number of aromatic nitrogens is 2. The SMILES string of the molecule is Nc1cc(N)nc(SCCC2CCCNC2)n1. The summed E-state index contributed by atoms with van der Waals surface area (Å²) in [4.78, 5) is 8.30. The highest BCUT2D eigenvalue weighted by atomic mass is 32.2. The lowest BCUT2D eigenvalue weighted by molar-refractivity contribution is 0.371. The standard InChI is InChI=1S/C11H19N5S/c12-9-6-10(13)16-11(15-9)17-5-3-8-2-1-4-14-7-8/h6,8,14H,1-5,7H2,(H4,12,13,15,16). The Morgan fingerprint density at radius 2 is 2.12 bits per heavy atom. The van der Waals surface area contributed by atoms with E-state index in [1.165, 1.54) is 25.8 Å². The Kier molecular flexibility index (Phi) is 4.44. The van der Waals surface area contributed by atoms with E-state index in [9.17, 15) is 0 Å². The Morgan fingerprint density at radius 1 is 1.35 bits per heavy atom. The van der Waals surface area contributed by atoms with Crippen LogP contribution in [0.25, 0.3) is 0 Å². The van der Waals surface area contributed by atoms with Crippen LogP contribution in [0.4, 0.5) is 11.6 Å². The molecular weight excluding hydrogens is 234 g/mol. The third-order valence-electron chi connectivity index (χ3n) is 2.90. The van der Waals surface area contributed by atoms with Gasteiger partial charge in [0, 0.05) is 11.8 Å². The van der Waals surface area contributed by atoms with Gasteiger partial charge in [0.05, 0.1) is 0 Å². The van der Waals surface area contributed by atoms with Crippen molar-refractivity contribution < 1.29 is 0 Å². The van der Waals surface area contributed by atoms with E-state index in [1.807, 2.05) is 0 Å². The van der Waals surface area contributed by atoms with Crippen molar-refractivity contribution in [1.82, 2.24) is 15.3 Å². The first-order valence-electron chi connectivity index (χ1n) is 5.97. The molecule has 1 aromatic heterocycles. The molecule has 1 unspecified atom stereocenters. The zero-order valence-corrected chi connectivity index (χ0v) is 10.7. The molecule has 1 aliphatic rings. The van der Waals surface area contributed by atoms with E-state index in [0.29, 0.717) is 16.8 Å². The molecule has 1 atom stereocenters. The van der Waals surface area contributed by atoms with Crippen LogP contribution in [-0.2, 0) is 0 Å². The first kappa shape index (κ1) is 12.4. The molecule has 5 nitrogen and oxygen atoms in total. The second-order valence-corrected chi connectivity index (χ2v) is 5.41. The number of piperidine rings is 1. The van der Waals surface area contributed by atoms with Crippen LogP contribution < -0.4 is 16.8 Å². The number of nitrogens with zero attached hydrogens (tertiary/aromatic N) is 2. The fraction of sp³-hybridized carbons (Fsp3) is 0.636. The molecule has 5 N–H and O–H groups in total. The first-order chi connectivity index (χ1) is 8.24. The number of nitrogens with one attached hydrogen (secondary N) is 1. The lowest BCUT2D eigenvalue weighted by Crippen LogP contribution is -2.29. The number of hydrogen-bond donors (Lipinski definition) is 3. The highest BCUT2D eigenvalue weighted by Crippen LogP contribution is 2.21. The molecule has 0 spiro atoms. The first-order valence-corrected chi connectivity index (χ1v) is 6.96. The summed E-state index contributed by atoms with van der Waals surface area (Å²) < 4.78 is 0. The van der Waals surface area contributed by atoms with Gasteiger partial charge in [-0.1, -0.05) is 11.8 Å².